The van der Waals surface area contributed by atoms with Crippen LogP contribution in [0.15, 0.2) is 48.6 Å². The van der Waals surface area contributed by atoms with Crippen molar-refractivity contribution in [1.29, 1.82) is 0 Å². The molecule has 0 saturated carbocycles. The third-order valence-corrected chi connectivity index (χ3v) is 10.2. The second-order valence-electron chi connectivity index (χ2n) is 16.6. The molecule has 0 aliphatic carbocycles. The van der Waals surface area contributed by atoms with E-state index in [1.807, 2.05) is 0 Å². The molecule has 0 fully saturated rings. The molecule has 57 heavy (non-hydrogen) atoms. The smallest absolute Gasteiger partial charge is 0.306 e. The molecule has 8 nitrogen and oxygen atoms in total. The lowest BCUT2D eigenvalue weighted by Gasteiger charge is -2.34. The predicted molar refractivity (Wildman–Crippen MR) is 236 cm³/mol. The second-order valence-corrected chi connectivity index (χ2v) is 16.6. The number of aliphatic carboxylic acids is 1. The Kier molecular flexibility index (Phi) is 38.2. The molecule has 2 unspecified atom stereocenters. The molecule has 0 rings (SSSR count). The normalized spacial score (nSPS) is 13.4. The number of hydrogen-bond donors (Lipinski definition) is 0. The summed E-state index contributed by atoms with van der Waals surface area (Å²) in [6, 6.07) is -0.726. The molecule has 0 aromatic rings. The van der Waals surface area contributed by atoms with Gasteiger partial charge in [0.1, 0.15) is 12.6 Å². The Hall–Kier alpha value is -2.71. The van der Waals surface area contributed by atoms with E-state index in [1.54, 1.807) is 21.1 Å². The average molecular weight is 802 g/mol. The van der Waals surface area contributed by atoms with Crippen molar-refractivity contribution in [2.75, 3.05) is 41.0 Å². The van der Waals surface area contributed by atoms with Gasteiger partial charge in [-0.3, -0.25) is 9.59 Å². The van der Waals surface area contributed by atoms with Crippen LogP contribution in [-0.4, -0.2) is 75.5 Å². The largest absolute Gasteiger partial charge is 0.544 e. The van der Waals surface area contributed by atoms with Crippen molar-refractivity contribution in [3.63, 3.8) is 0 Å². The summed E-state index contributed by atoms with van der Waals surface area (Å²) >= 11 is 0. The molecular formula is C49H87NO7. The highest BCUT2D eigenvalue weighted by Gasteiger charge is 2.25. The third kappa shape index (κ3) is 38.6. The third-order valence-electron chi connectivity index (χ3n) is 10.2. The standard InChI is InChI=1S/C49H87NO7/c1-6-8-10-12-14-16-18-19-20-21-22-23-24-25-26-27-28-30-32-34-36-38-40-48(52)57-45(43-55-42-41-46(49(53)54)50(3,4)5)44-56-47(51)39-37-35-33-31-29-17-15-13-11-9-7-2/h8,10,14,16,19-20,22-23,45-46H,6-7,9,11-13,15,17-18,21,24-44H2,1-5H3/b10-8+,16-14+,20-19+,23-22+. The van der Waals surface area contributed by atoms with Gasteiger partial charge in [0.15, 0.2) is 6.10 Å². The molecule has 0 saturated heterocycles. The first-order valence-electron chi connectivity index (χ1n) is 23.2. The van der Waals surface area contributed by atoms with Gasteiger partial charge in [0, 0.05) is 19.3 Å². The molecule has 0 amide bonds. The monoisotopic (exact) mass is 802 g/mol. The van der Waals surface area contributed by atoms with Gasteiger partial charge < -0.3 is 28.6 Å². The van der Waals surface area contributed by atoms with Gasteiger partial charge >= 0.3 is 11.9 Å². The van der Waals surface area contributed by atoms with E-state index in [-0.39, 0.29) is 42.7 Å². The number of carbonyl (C=O) groups excluding carboxylic acids is 3. The highest BCUT2D eigenvalue weighted by atomic mass is 16.6. The molecule has 0 radical (unpaired) electrons. The highest BCUT2D eigenvalue weighted by Crippen LogP contribution is 2.15. The summed E-state index contributed by atoms with van der Waals surface area (Å²) in [5.74, 6) is -1.74. The van der Waals surface area contributed by atoms with Crippen molar-refractivity contribution >= 4 is 17.9 Å². The minimum Gasteiger partial charge on any atom is -0.544 e. The lowest BCUT2D eigenvalue weighted by Crippen LogP contribution is -2.55. The van der Waals surface area contributed by atoms with Gasteiger partial charge in [-0.15, -0.1) is 0 Å². The number of carboxylic acid groups (broad SMARTS) is 1. The van der Waals surface area contributed by atoms with E-state index in [0.29, 0.717) is 12.8 Å². The first-order chi connectivity index (χ1) is 27.6. The second kappa shape index (κ2) is 40.1. The number of quaternary nitrogens is 1. The molecule has 0 aromatic heterocycles. The zero-order valence-corrected chi connectivity index (χ0v) is 37.5. The van der Waals surface area contributed by atoms with Gasteiger partial charge in [-0.25, -0.2) is 0 Å². The molecule has 330 valence electrons. The van der Waals surface area contributed by atoms with Crippen molar-refractivity contribution in [2.24, 2.45) is 0 Å². The summed E-state index contributed by atoms with van der Waals surface area (Å²) in [5, 5.41) is 11.6. The minimum atomic E-state index is -1.13. The van der Waals surface area contributed by atoms with E-state index in [9.17, 15) is 19.5 Å². The van der Waals surface area contributed by atoms with E-state index in [0.717, 1.165) is 70.6 Å². The van der Waals surface area contributed by atoms with Crippen LogP contribution in [0.25, 0.3) is 0 Å². The first kappa shape index (κ1) is 54.3. The molecule has 0 aliphatic rings. The first-order valence-corrected chi connectivity index (χ1v) is 23.2. The van der Waals surface area contributed by atoms with Crippen molar-refractivity contribution in [3.05, 3.63) is 48.6 Å². The fourth-order valence-corrected chi connectivity index (χ4v) is 6.65. The van der Waals surface area contributed by atoms with Gasteiger partial charge in [0.25, 0.3) is 0 Å². The maximum atomic E-state index is 12.7. The number of ether oxygens (including phenoxy) is 3. The Morgan fingerprint density at radius 3 is 1.46 bits per heavy atom. The summed E-state index contributed by atoms with van der Waals surface area (Å²) in [4.78, 5) is 36.8. The average Bonchev–Trinajstić information content (AvgIpc) is 3.17. The van der Waals surface area contributed by atoms with Crippen LogP contribution < -0.4 is 5.11 Å². The van der Waals surface area contributed by atoms with E-state index in [2.05, 4.69) is 62.5 Å². The van der Waals surface area contributed by atoms with Crippen molar-refractivity contribution < 1.29 is 38.2 Å². The maximum absolute atomic E-state index is 12.7. The number of unbranched alkanes of at least 4 members (excludes halogenated alkanes) is 19. The lowest BCUT2D eigenvalue weighted by atomic mass is 10.1. The van der Waals surface area contributed by atoms with Crippen molar-refractivity contribution in [1.82, 2.24) is 0 Å². The van der Waals surface area contributed by atoms with E-state index in [4.69, 9.17) is 14.2 Å². The Bertz CT molecular complexity index is 1070. The molecule has 0 aromatic carbocycles. The number of likely N-dealkylation sites (N-methyl/N-ethyl adjacent to an activating group) is 1. The Morgan fingerprint density at radius 1 is 0.544 bits per heavy atom. The highest BCUT2D eigenvalue weighted by molar-refractivity contribution is 5.70. The zero-order valence-electron chi connectivity index (χ0n) is 37.5. The fourth-order valence-electron chi connectivity index (χ4n) is 6.65. The predicted octanol–water partition coefficient (Wildman–Crippen LogP) is 11.5. The van der Waals surface area contributed by atoms with Crippen LogP contribution in [0.3, 0.4) is 0 Å². The molecule has 0 spiro atoms. The van der Waals surface area contributed by atoms with E-state index in [1.165, 1.54) is 89.9 Å². The van der Waals surface area contributed by atoms with Crippen LogP contribution in [-0.2, 0) is 28.6 Å². The molecule has 0 heterocycles. The molecular weight excluding hydrogens is 715 g/mol. The van der Waals surface area contributed by atoms with Crippen LogP contribution in [0.4, 0.5) is 0 Å². The van der Waals surface area contributed by atoms with Gasteiger partial charge in [-0.2, -0.15) is 0 Å². The van der Waals surface area contributed by atoms with Crippen LogP contribution in [0.5, 0.6) is 0 Å². The van der Waals surface area contributed by atoms with Gasteiger partial charge in [-0.1, -0.05) is 172 Å². The maximum Gasteiger partial charge on any atom is 0.306 e. The van der Waals surface area contributed by atoms with Crippen molar-refractivity contribution in [3.8, 4) is 0 Å². The van der Waals surface area contributed by atoms with Gasteiger partial charge in [0.2, 0.25) is 0 Å². The molecule has 0 aliphatic heterocycles. The summed E-state index contributed by atoms with van der Waals surface area (Å²) < 4.78 is 17.2. The summed E-state index contributed by atoms with van der Waals surface area (Å²) in [6.45, 7) is 4.54. The summed E-state index contributed by atoms with van der Waals surface area (Å²) in [7, 11) is 5.41. The van der Waals surface area contributed by atoms with Crippen LogP contribution in [0.1, 0.15) is 194 Å². The van der Waals surface area contributed by atoms with Gasteiger partial charge in [-0.05, 0) is 51.4 Å². The quantitative estimate of drug-likeness (QED) is 0.0262. The van der Waals surface area contributed by atoms with Crippen LogP contribution in [0, 0.1) is 0 Å². The minimum absolute atomic E-state index is 0.0395. The Labute approximate surface area is 350 Å². The van der Waals surface area contributed by atoms with Crippen molar-refractivity contribution in [2.45, 2.75) is 206 Å². The number of allylic oxidation sites excluding steroid dienone is 8. The zero-order chi connectivity index (χ0) is 42.1. The van der Waals surface area contributed by atoms with E-state index >= 15 is 0 Å². The lowest BCUT2D eigenvalue weighted by molar-refractivity contribution is -0.889. The van der Waals surface area contributed by atoms with Crippen LogP contribution >= 0.6 is 0 Å². The number of esters is 2. The van der Waals surface area contributed by atoms with Crippen LogP contribution in [0.2, 0.25) is 0 Å². The number of rotatable bonds is 41. The Balaban J connectivity index is 4.26. The summed E-state index contributed by atoms with van der Waals surface area (Å²) in [6.07, 6.45) is 47.0. The number of hydrogen-bond acceptors (Lipinski definition) is 7. The number of carboxylic acids is 1. The molecule has 0 N–H and O–H groups in total. The molecule has 8 heteroatoms. The van der Waals surface area contributed by atoms with Gasteiger partial charge in [0.05, 0.1) is 40.3 Å². The number of nitrogens with zero attached hydrogens (tertiary/aromatic N) is 1. The Morgan fingerprint density at radius 2 is 0.982 bits per heavy atom. The molecule has 0 bridgehead atoms. The summed E-state index contributed by atoms with van der Waals surface area (Å²) in [5.41, 5.74) is 0. The number of carbonyl (C=O) groups is 3. The topological polar surface area (TPSA) is 102 Å². The van der Waals surface area contributed by atoms with E-state index < -0.39 is 18.1 Å². The molecule has 2 atom stereocenters. The SMILES string of the molecule is CC/C=C/C/C=C/C/C=C/C/C=C/CCCCCCCCCCCC(=O)OC(COCCC(C(=O)[O-])[N+](C)(C)C)COC(=O)CCCCCCCCCCCCC. The fraction of sp³-hybridized carbons (Fsp3) is 0.776.